The molecule has 2 aromatic rings. The van der Waals surface area contributed by atoms with E-state index in [0.29, 0.717) is 24.2 Å². The maximum atomic E-state index is 14.0. The Morgan fingerprint density at radius 2 is 1.86 bits per heavy atom. The van der Waals surface area contributed by atoms with E-state index >= 15 is 0 Å². The van der Waals surface area contributed by atoms with Crippen LogP contribution in [0.15, 0.2) is 39.5 Å². The van der Waals surface area contributed by atoms with Gasteiger partial charge < -0.3 is 29.2 Å². The molecular weight excluding hydrogens is 452 g/mol. The highest BCUT2D eigenvalue weighted by molar-refractivity contribution is 6.02. The number of hydrogen-bond acceptors (Lipinski definition) is 8. The fourth-order valence-electron chi connectivity index (χ4n) is 7.10. The summed E-state index contributed by atoms with van der Waals surface area (Å²) in [6.45, 7) is 5.19. The number of aliphatic hydroxyl groups excluding tert-OH is 3. The van der Waals surface area contributed by atoms with Gasteiger partial charge in [-0.1, -0.05) is 26.0 Å². The molecule has 2 heterocycles. The predicted molar refractivity (Wildman–Crippen MR) is 126 cm³/mol. The number of rotatable bonds is 3. The number of hydrogen-bond donors (Lipinski definition) is 3. The van der Waals surface area contributed by atoms with Crippen LogP contribution in [0.2, 0.25) is 0 Å². The first kappa shape index (κ1) is 24.0. The van der Waals surface area contributed by atoms with E-state index in [9.17, 15) is 24.9 Å². The second-order valence-corrected chi connectivity index (χ2v) is 11.0. The van der Waals surface area contributed by atoms with Crippen molar-refractivity contribution in [3.05, 3.63) is 46.3 Å². The highest BCUT2D eigenvalue weighted by Crippen LogP contribution is 2.64. The Kier molecular flexibility index (Phi) is 5.43. The van der Waals surface area contributed by atoms with Crippen molar-refractivity contribution in [3.8, 4) is 22.8 Å². The first-order valence-electron chi connectivity index (χ1n) is 12.0. The van der Waals surface area contributed by atoms with Gasteiger partial charge in [-0.25, -0.2) is 4.79 Å². The number of methoxy groups -OCH3 is 1. The maximum absolute atomic E-state index is 14.0. The fraction of sp³-hybridized carbons (Fsp3) is 0.556. The standard InChI is InChI=1S/C27H32O8/c1-25-9-8-19(29)26(2,13-28)18(25)12-20(30)27(3)23(25)22(31)21-17(35-27)11-16(34-24(21)32)14-6-5-7-15(10-14)33-4/h5-7,10-11,18-20,23,28-30H,8-9,12-13H2,1-4H3/t18?,19-,20-,23?,25-,26?,27+/m0/s1. The van der Waals surface area contributed by atoms with Gasteiger partial charge in [0.05, 0.1) is 31.8 Å². The summed E-state index contributed by atoms with van der Waals surface area (Å²) in [5, 5.41) is 32.3. The zero-order valence-corrected chi connectivity index (χ0v) is 20.4. The number of ketones is 1. The lowest BCUT2D eigenvalue weighted by molar-refractivity contribution is -0.226. The molecule has 3 N–H and O–H groups in total. The molecule has 0 saturated heterocycles. The van der Waals surface area contributed by atoms with Crippen molar-refractivity contribution in [2.75, 3.05) is 13.7 Å². The van der Waals surface area contributed by atoms with Gasteiger partial charge in [-0.3, -0.25) is 4.79 Å². The highest BCUT2D eigenvalue weighted by atomic mass is 16.5. The SMILES string of the molecule is COc1cccc(-c2cc3c(c(=O)o2)C(=O)C2[C@@]4(C)CC[C@H](O)C(C)(CO)C4C[C@H](O)[C@@]2(C)O3)c1. The largest absolute Gasteiger partial charge is 0.497 e. The second kappa shape index (κ2) is 7.91. The third kappa shape index (κ3) is 3.23. The summed E-state index contributed by atoms with van der Waals surface area (Å²) >= 11 is 0. The highest BCUT2D eigenvalue weighted by Gasteiger charge is 2.69. The minimum atomic E-state index is -1.28. The minimum Gasteiger partial charge on any atom is -0.497 e. The molecule has 1 aromatic heterocycles. The number of fused-ring (bicyclic) bond motifs is 4. The van der Waals surface area contributed by atoms with Crippen LogP contribution in [0.3, 0.4) is 0 Å². The molecule has 0 radical (unpaired) electrons. The number of aliphatic hydroxyl groups is 3. The van der Waals surface area contributed by atoms with Crippen LogP contribution in [0, 0.1) is 22.7 Å². The third-order valence-corrected chi connectivity index (χ3v) is 9.11. The van der Waals surface area contributed by atoms with Gasteiger partial charge in [-0.05, 0) is 49.7 Å². The minimum absolute atomic E-state index is 0.0877. The summed E-state index contributed by atoms with van der Waals surface area (Å²) in [7, 11) is 1.54. The summed E-state index contributed by atoms with van der Waals surface area (Å²) < 4.78 is 17.2. The van der Waals surface area contributed by atoms with Crippen LogP contribution in [0.25, 0.3) is 11.3 Å². The van der Waals surface area contributed by atoms with E-state index in [-0.39, 0.29) is 36.0 Å². The molecular formula is C27H32O8. The Morgan fingerprint density at radius 3 is 2.54 bits per heavy atom. The summed E-state index contributed by atoms with van der Waals surface area (Å²) in [6, 6.07) is 8.52. The third-order valence-electron chi connectivity index (χ3n) is 9.11. The zero-order valence-electron chi connectivity index (χ0n) is 20.4. The van der Waals surface area contributed by atoms with Gasteiger partial charge in [0.25, 0.3) is 0 Å². The smallest absolute Gasteiger partial charge is 0.351 e. The van der Waals surface area contributed by atoms with Gasteiger partial charge in [0.2, 0.25) is 0 Å². The van der Waals surface area contributed by atoms with Gasteiger partial charge in [0, 0.05) is 17.0 Å². The van der Waals surface area contributed by atoms with Gasteiger partial charge in [-0.2, -0.15) is 0 Å². The molecule has 0 amide bonds. The molecule has 35 heavy (non-hydrogen) atoms. The van der Waals surface area contributed by atoms with Gasteiger partial charge >= 0.3 is 5.63 Å². The Balaban J connectivity index is 1.64. The second-order valence-electron chi connectivity index (χ2n) is 11.0. The molecule has 3 aliphatic rings. The van der Waals surface area contributed by atoms with Crippen LogP contribution in [0.1, 0.15) is 50.4 Å². The number of carbonyl (C=O) groups is 1. The van der Waals surface area contributed by atoms with Gasteiger partial charge in [0.15, 0.2) is 5.78 Å². The molecule has 0 bridgehead atoms. The summed E-state index contributed by atoms with van der Waals surface area (Å²) in [4.78, 5) is 27.2. The van der Waals surface area contributed by atoms with Crippen LogP contribution < -0.4 is 15.1 Å². The number of ether oxygens (including phenoxy) is 2. The molecule has 3 unspecified atom stereocenters. The van der Waals surface area contributed by atoms with Gasteiger partial charge in [0.1, 0.15) is 28.4 Å². The molecule has 8 heteroatoms. The van der Waals surface area contributed by atoms with E-state index in [1.165, 1.54) is 13.2 Å². The molecule has 1 aliphatic heterocycles. The molecule has 188 valence electrons. The van der Waals surface area contributed by atoms with Crippen LogP contribution in [-0.2, 0) is 0 Å². The average molecular weight is 485 g/mol. The molecule has 0 spiro atoms. The number of Topliss-reactive ketones (excluding diaryl/α,β-unsaturated/α-hetero) is 1. The first-order valence-corrected chi connectivity index (χ1v) is 12.0. The van der Waals surface area contributed by atoms with Crippen molar-refractivity contribution in [1.29, 1.82) is 0 Å². The van der Waals surface area contributed by atoms with E-state index in [0.717, 1.165) is 0 Å². The normalized spacial score (nSPS) is 38.1. The number of benzene rings is 1. The van der Waals surface area contributed by atoms with E-state index in [1.807, 2.05) is 6.92 Å². The summed E-state index contributed by atoms with van der Waals surface area (Å²) in [5.74, 6) is -0.730. The predicted octanol–water partition coefficient (Wildman–Crippen LogP) is 2.81. The Bertz CT molecular complexity index is 1240. The molecule has 2 saturated carbocycles. The molecule has 1 aromatic carbocycles. The molecule has 8 nitrogen and oxygen atoms in total. The van der Waals surface area contributed by atoms with Crippen LogP contribution in [-0.4, -0.2) is 52.6 Å². The van der Waals surface area contributed by atoms with Crippen molar-refractivity contribution < 1.29 is 34.0 Å². The topological polar surface area (TPSA) is 126 Å². The van der Waals surface area contributed by atoms with E-state index in [4.69, 9.17) is 13.9 Å². The van der Waals surface area contributed by atoms with Crippen LogP contribution in [0.4, 0.5) is 0 Å². The van der Waals surface area contributed by atoms with Crippen molar-refractivity contribution in [2.24, 2.45) is 22.7 Å². The van der Waals surface area contributed by atoms with E-state index in [2.05, 4.69) is 0 Å². The Hall–Kier alpha value is -2.68. The lowest BCUT2D eigenvalue weighted by atomic mass is 9.43. The molecule has 2 aliphatic carbocycles. The van der Waals surface area contributed by atoms with Gasteiger partial charge in [-0.15, -0.1) is 0 Å². The fourth-order valence-corrected chi connectivity index (χ4v) is 7.10. The maximum Gasteiger partial charge on any atom is 0.351 e. The quantitative estimate of drug-likeness (QED) is 0.607. The lowest BCUT2D eigenvalue weighted by Gasteiger charge is -2.64. The van der Waals surface area contributed by atoms with Crippen molar-refractivity contribution in [2.45, 2.75) is 57.8 Å². The average Bonchev–Trinajstić information content (AvgIpc) is 2.83. The molecule has 5 rings (SSSR count). The molecule has 2 fully saturated rings. The summed E-state index contributed by atoms with van der Waals surface area (Å²) in [6.07, 6.45) is -0.657. The van der Waals surface area contributed by atoms with Crippen molar-refractivity contribution in [3.63, 3.8) is 0 Å². The Labute approximate surface area is 203 Å². The lowest BCUT2D eigenvalue weighted by Crippen LogP contribution is -2.71. The molecule has 7 atom stereocenters. The van der Waals surface area contributed by atoms with Crippen LogP contribution in [0.5, 0.6) is 11.5 Å². The van der Waals surface area contributed by atoms with E-state index < -0.39 is 46.0 Å². The number of carbonyl (C=O) groups excluding carboxylic acids is 1. The van der Waals surface area contributed by atoms with Crippen LogP contribution >= 0.6 is 0 Å². The van der Waals surface area contributed by atoms with Crippen molar-refractivity contribution >= 4 is 5.78 Å². The monoisotopic (exact) mass is 484 g/mol. The zero-order chi connectivity index (χ0) is 25.3. The van der Waals surface area contributed by atoms with E-state index in [1.54, 1.807) is 38.1 Å². The van der Waals surface area contributed by atoms with Crippen molar-refractivity contribution in [1.82, 2.24) is 0 Å². The Morgan fingerprint density at radius 1 is 1.11 bits per heavy atom. The first-order chi connectivity index (χ1) is 16.5. The summed E-state index contributed by atoms with van der Waals surface area (Å²) in [5.41, 5.74) is -3.26.